The summed E-state index contributed by atoms with van der Waals surface area (Å²) in [5, 5.41) is 3.61. The molecule has 3 nitrogen and oxygen atoms in total. The number of methoxy groups -OCH3 is 1. The Bertz CT molecular complexity index is 164. The largest absolute Gasteiger partial charge is 0.479 e. The van der Waals surface area contributed by atoms with Crippen molar-refractivity contribution in [3.8, 4) is 5.88 Å². The monoisotopic (exact) mass is 127 g/mol. The minimum atomic E-state index is 0.548. The van der Waals surface area contributed by atoms with Crippen molar-refractivity contribution in [2.75, 3.05) is 7.11 Å². The molecular formula is C6H9NO2. The van der Waals surface area contributed by atoms with Gasteiger partial charge in [-0.25, -0.2) is 0 Å². The lowest BCUT2D eigenvalue weighted by Crippen LogP contribution is -1.78. The van der Waals surface area contributed by atoms with Gasteiger partial charge in [-0.2, -0.15) is 0 Å². The molecule has 1 heterocycles. The molecule has 0 amide bonds. The highest BCUT2D eigenvalue weighted by Crippen LogP contribution is 2.09. The lowest BCUT2D eigenvalue weighted by atomic mass is 10.4. The van der Waals surface area contributed by atoms with Gasteiger partial charge in [0.2, 0.25) is 0 Å². The Balaban J connectivity index is 2.74. The van der Waals surface area contributed by atoms with Gasteiger partial charge < -0.3 is 9.26 Å². The fourth-order valence-electron chi connectivity index (χ4n) is 0.557. The van der Waals surface area contributed by atoms with E-state index in [1.807, 2.05) is 6.92 Å². The number of nitrogens with zero attached hydrogens (tertiary/aromatic N) is 1. The zero-order valence-corrected chi connectivity index (χ0v) is 5.55. The van der Waals surface area contributed by atoms with Gasteiger partial charge in [0.15, 0.2) is 0 Å². The third-order valence-electron chi connectivity index (χ3n) is 1.09. The Morgan fingerprint density at radius 3 is 2.89 bits per heavy atom. The van der Waals surface area contributed by atoms with Crippen molar-refractivity contribution in [1.29, 1.82) is 0 Å². The van der Waals surface area contributed by atoms with E-state index in [1.54, 1.807) is 13.2 Å². The van der Waals surface area contributed by atoms with Crippen molar-refractivity contribution in [2.24, 2.45) is 0 Å². The molecule has 50 valence electrons. The molecule has 0 aliphatic carbocycles. The van der Waals surface area contributed by atoms with Crippen molar-refractivity contribution in [3.05, 3.63) is 11.8 Å². The van der Waals surface area contributed by atoms with Crippen LogP contribution >= 0.6 is 0 Å². The highest BCUT2D eigenvalue weighted by Gasteiger charge is 1.98. The first-order valence-electron chi connectivity index (χ1n) is 2.86. The second-order valence-electron chi connectivity index (χ2n) is 1.69. The lowest BCUT2D eigenvalue weighted by molar-refractivity contribution is 0.327. The summed E-state index contributed by atoms with van der Waals surface area (Å²) in [6, 6.07) is 1.78. The maximum atomic E-state index is 4.83. The molecule has 0 atom stereocenters. The topological polar surface area (TPSA) is 35.3 Å². The minimum absolute atomic E-state index is 0.548. The molecule has 0 aliphatic rings. The van der Waals surface area contributed by atoms with Crippen molar-refractivity contribution in [1.82, 2.24) is 5.16 Å². The molecule has 0 aliphatic heterocycles. The summed E-state index contributed by atoms with van der Waals surface area (Å²) in [6.07, 6.45) is 0.857. The predicted molar refractivity (Wildman–Crippen MR) is 32.4 cm³/mol. The minimum Gasteiger partial charge on any atom is -0.479 e. The zero-order chi connectivity index (χ0) is 6.69. The molecule has 1 rings (SSSR count). The normalized spacial score (nSPS) is 9.56. The van der Waals surface area contributed by atoms with E-state index in [-0.39, 0.29) is 0 Å². The van der Waals surface area contributed by atoms with Gasteiger partial charge in [0, 0.05) is 12.5 Å². The van der Waals surface area contributed by atoms with Gasteiger partial charge in [0.05, 0.1) is 7.11 Å². The molecular weight excluding hydrogens is 118 g/mol. The van der Waals surface area contributed by atoms with E-state index in [4.69, 9.17) is 9.26 Å². The molecule has 0 unspecified atom stereocenters. The van der Waals surface area contributed by atoms with Crippen molar-refractivity contribution in [3.63, 3.8) is 0 Å². The summed E-state index contributed by atoms with van der Waals surface area (Å²) >= 11 is 0. The van der Waals surface area contributed by atoms with Crippen molar-refractivity contribution < 1.29 is 9.26 Å². The number of ether oxygens (including phenoxy) is 1. The number of rotatable bonds is 2. The van der Waals surface area contributed by atoms with Gasteiger partial charge in [-0.15, -0.1) is 0 Å². The van der Waals surface area contributed by atoms with E-state index in [0.29, 0.717) is 5.88 Å². The smallest absolute Gasteiger partial charge is 0.254 e. The van der Waals surface area contributed by atoms with E-state index in [9.17, 15) is 0 Å². The quantitative estimate of drug-likeness (QED) is 0.599. The molecule has 0 bridgehead atoms. The summed E-state index contributed by atoms with van der Waals surface area (Å²) in [7, 11) is 1.57. The van der Waals surface area contributed by atoms with Crippen LogP contribution < -0.4 is 4.74 Å². The van der Waals surface area contributed by atoms with Gasteiger partial charge in [0.25, 0.3) is 5.88 Å². The summed E-state index contributed by atoms with van der Waals surface area (Å²) in [6.45, 7) is 2.00. The van der Waals surface area contributed by atoms with Crippen LogP contribution in [-0.2, 0) is 6.42 Å². The Hall–Kier alpha value is -0.990. The van der Waals surface area contributed by atoms with Crippen LogP contribution in [0.2, 0.25) is 0 Å². The number of aromatic nitrogens is 1. The summed E-state index contributed by atoms with van der Waals surface area (Å²) < 4.78 is 9.62. The van der Waals surface area contributed by atoms with E-state index in [0.717, 1.165) is 12.2 Å². The van der Waals surface area contributed by atoms with Crippen LogP contribution in [0.5, 0.6) is 5.88 Å². The maximum Gasteiger partial charge on any atom is 0.254 e. The average molecular weight is 127 g/mol. The maximum absolute atomic E-state index is 4.83. The summed E-state index contributed by atoms with van der Waals surface area (Å²) in [5.41, 5.74) is 0. The molecule has 1 aromatic rings. The van der Waals surface area contributed by atoms with E-state index in [1.165, 1.54) is 0 Å². The van der Waals surface area contributed by atoms with Gasteiger partial charge in [-0.05, 0) is 5.16 Å². The van der Waals surface area contributed by atoms with E-state index >= 15 is 0 Å². The number of hydrogen-bond donors (Lipinski definition) is 0. The fourth-order valence-corrected chi connectivity index (χ4v) is 0.557. The van der Waals surface area contributed by atoms with E-state index in [2.05, 4.69) is 5.16 Å². The highest BCUT2D eigenvalue weighted by atomic mass is 16.5. The third-order valence-corrected chi connectivity index (χ3v) is 1.09. The van der Waals surface area contributed by atoms with Crippen LogP contribution in [0.15, 0.2) is 10.6 Å². The van der Waals surface area contributed by atoms with Gasteiger partial charge in [-0.1, -0.05) is 6.92 Å². The lowest BCUT2D eigenvalue weighted by Gasteiger charge is -1.83. The van der Waals surface area contributed by atoms with Crippen LogP contribution in [0.1, 0.15) is 12.7 Å². The van der Waals surface area contributed by atoms with Crippen LogP contribution in [-0.4, -0.2) is 12.3 Å². The third kappa shape index (κ3) is 1.22. The molecule has 9 heavy (non-hydrogen) atoms. The van der Waals surface area contributed by atoms with Crippen molar-refractivity contribution in [2.45, 2.75) is 13.3 Å². The van der Waals surface area contributed by atoms with Gasteiger partial charge in [0.1, 0.15) is 5.76 Å². The molecule has 0 radical (unpaired) electrons. The standard InChI is InChI=1S/C6H9NO2/c1-3-5-4-6(8-2)7-9-5/h4H,3H2,1-2H3. The SMILES string of the molecule is CCc1cc(OC)no1. The van der Waals surface area contributed by atoms with Crippen LogP contribution in [0, 0.1) is 0 Å². The summed E-state index contributed by atoms with van der Waals surface area (Å²) in [4.78, 5) is 0. The zero-order valence-electron chi connectivity index (χ0n) is 5.55. The highest BCUT2D eigenvalue weighted by molar-refractivity contribution is 5.10. The Kier molecular flexibility index (Phi) is 1.72. The van der Waals surface area contributed by atoms with Crippen LogP contribution in [0.25, 0.3) is 0 Å². The Morgan fingerprint density at radius 1 is 1.78 bits per heavy atom. The Labute approximate surface area is 53.6 Å². The second kappa shape index (κ2) is 2.53. The first kappa shape index (κ1) is 6.13. The number of aryl methyl sites for hydroxylation is 1. The first-order chi connectivity index (χ1) is 4.36. The average Bonchev–Trinajstić information content (AvgIpc) is 2.34. The van der Waals surface area contributed by atoms with Gasteiger partial charge >= 0.3 is 0 Å². The van der Waals surface area contributed by atoms with E-state index < -0.39 is 0 Å². The molecule has 0 saturated heterocycles. The first-order valence-corrected chi connectivity index (χ1v) is 2.86. The summed E-state index contributed by atoms with van der Waals surface area (Å²) in [5.74, 6) is 1.40. The molecule has 1 aromatic heterocycles. The van der Waals surface area contributed by atoms with Crippen molar-refractivity contribution >= 4 is 0 Å². The van der Waals surface area contributed by atoms with Crippen LogP contribution in [0.3, 0.4) is 0 Å². The molecule has 0 aromatic carbocycles. The molecule has 0 spiro atoms. The Morgan fingerprint density at radius 2 is 2.56 bits per heavy atom. The predicted octanol–water partition coefficient (Wildman–Crippen LogP) is 1.25. The molecule has 0 N–H and O–H groups in total. The fraction of sp³-hybridized carbons (Fsp3) is 0.500. The molecule has 3 heteroatoms. The molecule has 0 saturated carbocycles. The molecule has 0 fully saturated rings. The van der Waals surface area contributed by atoms with Gasteiger partial charge in [-0.3, -0.25) is 0 Å². The second-order valence-corrected chi connectivity index (χ2v) is 1.69. The van der Waals surface area contributed by atoms with Crippen LogP contribution in [0.4, 0.5) is 0 Å². The number of hydrogen-bond acceptors (Lipinski definition) is 3.